The van der Waals surface area contributed by atoms with Gasteiger partial charge in [-0.15, -0.1) is 11.3 Å². The fourth-order valence-corrected chi connectivity index (χ4v) is 2.36. The fourth-order valence-electron chi connectivity index (χ4n) is 1.68. The molecule has 0 aromatic carbocycles. The second-order valence-electron chi connectivity index (χ2n) is 3.72. The van der Waals surface area contributed by atoms with Crippen LogP contribution in [0.2, 0.25) is 0 Å². The van der Waals surface area contributed by atoms with Crippen LogP contribution in [0.1, 0.15) is 0 Å². The molecular formula is C13H10N4S. The third kappa shape index (κ3) is 2.08. The van der Waals surface area contributed by atoms with Gasteiger partial charge in [0.25, 0.3) is 0 Å². The van der Waals surface area contributed by atoms with E-state index in [1.54, 1.807) is 23.7 Å². The van der Waals surface area contributed by atoms with Crippen LogP contribution in [0.25, 0.3) is 21.8 Å². The summed E-state index contributed by atoms with van der Waals surface area (Å²) in [5.74, 6) is 0.278. The van der Waals surface area contributed by atoms with E-state index < -0.39 is 0 Å². The molecule has 0 spiro atoms. The maximum absolute atomic E-state index is 5.76. The Morgan fingerprint density at radius 2 is 1.94 bits per heavy atom. The van der Waals surface area contributed by atoms with Crippen LogP contribution in [0.5, 0.6) is 0 Å². The van der Waals surface area contributed by atoms with Crippen LogP contribution in [0.15, 0.2) is 48.1 Å². The van der Waals surface area contributed by atoms with Gasteiger partial charge in [0.1, 0.15) is 0 Å². The van der Waals surface area contributed by atoms with Crippen molar-refractivity contribution in [3.05, 3.63) is 48.1 Å². The van der Waals surface area contributed by atoms with Crippen LogP contribution < -0.4 is 5.73 Å². The van der Waals surface area contributed by atoms with E-state index in [0.29, 0.717) is 0 Å². The van der Waals surface area contributed by atoms with Gasteiger partial charge >= 0.3 is 0 Å². The van der Waals surface area contributed by atoms with Crippen LogP contribution in [-0.4, -0.2) is 15.0 Å². The molecule has 5 heteroatoms. The molecule has 0 saturated carbocycles. The molecule has 0 amide bonds. The molecule has 3 aromatic heterocycles. The first-order valence-electron chi connectivity index (χ1n) is 5.42. The van der Waals surface area contributed by atoms with Crippen LogP contribution >= 0.6 is 11.3 Å². The van der Waals surface area contributed by atoms with Gasteiger partial charge in [-0.2, -0.15) is 0 Å². The van der Waals surface area contributed by atoms with Gasteiger partial charge in [-0.3, -0.25) is 4.98 Å². The fraction of sp³-hybridized carbons (Fsp3) is 0. The highest BCUT2D eigenvalue weighted by Crippen LogP contribution is 2.26. The minimum Gasteiger partial charge on any atom is -0.368 e. The second-order valence-corrected chi connectivity index (χ2v) is 4.66. The third-order valence-corrected chi connectivity index (χ3v) is 3.37. The van der Waals surface area contributed by atoms with Crippen molar-refractivity contribution in [1.29, 1.82) is 0 Å². The summed E-state index contributed by atoms with van der Waals surface area (Å²) in [6.07, 6.45) is 3.49. The van der Waals surface area contributed by atoms with E-state index in [1.165, 1.54) is 0 Å². The molecule has 0 radical (unpaired) electrons. The normalized spacial score (nSPS) is 10.4. The molecule has 18 heavy (non-hydrogen) atoms. The van der Waals surface area contributed by atoms with Crippen molar-refractivity contribution in [3.63, 3.8) is 0 Å². The van der Waals surface area contributed by atoms with E-state index in [1.807, 2.05) is 35.7 Å². The summed E-state index contributed by atoms with van der Waals surface area (Å²) in [5.41, 5.74) is 8.33. The number of nitrogens with two attached hydrogens (primary N) is 1. The van der Waals surface area contributed by atoms with Crippen molar-refractivity contribution < 1.29 is 0 Å². The van der Waals surface area contributed by atoms with E-state index in [0.717, 1.165) is 21.8 Å². The molecule has 4 nitrogen and oxygen atoms in total. The molecule has 3 rings (SSSR count). The minimum atomic E-state index is 0.278. The van der Waals surface area contributed by atoms with Crippen molar-refractivity contribution >= 4 is 17.3 Å². The largest absolute Gasteiger partial charge is 0.368 e. The summed E-state index contributed by atoms with van der Waals surface area (Å²) in [7, 11) is 0. The first-order valence-corrected chi connectivity index (χ1v) is 6.30. The minimum absolute atomic E-state index is 0.278. The van der Waals surface area contributed by atoms with Gasteiger partial charge in [0.15, 0.2) is 0 Å². The lowest BCUT2D eigenvalue weighted by atomic mass is 10.2. The highest BCUT2D eigenvalue weighted by molar-refractivity contribution is 7.13. The van der Waals surface area contributed by atoms with E-state index in [4.69, 9.17) is 5.73 Å². The summed E-state index contributed by atoms with van der Waals surface area (Å²) in [6.45, 7) is 0. The zero-order valence-corrected chi connectivity index (χ0v) is 10.3. The number of rotatable bonds is 2. The van der Waals surface area contributed by atoms with Crippen molar-refractivity contribution in [2.45, 2.75) is 0 Å². The summed E-state index contributed by atoms with van der Waals surface area (Å²) in [6, 6.07) is 9.76. The number of hydrogen-bond acceptors (Lipinski definition) is 5. The van der Waals surface area contributed by atoms with Crippen LogP contribution in [0.3, 0.4) is 0 Å². The Morgan fingerprint density at radius 1 is 1.06 bits per heavy atom. The lowest BCUT2D eigenvalue weighted by Gasteiger charge is -2.04. The monoisotopic (exact) mass is 254 g/mol. The highest BCUT2D eigenvalue weighted by atomic mass is 32.1. The third-order valence-electron chi connectivity index (χ3n) is 2.47. The number of hydrogen-bond donors (Lipinski definition) is 1. The molecule has 3 heterocycles. The summed E-state index contributed by atoms with van der Waals surface area (Å²) in [5, 5.41) is 2.01. The van der Waals surface area contributed by atoms with Crippen molar-refractivity contribution in [2.75, 3.05) is 5.73 Å². The number of aromatic nitrogens is 3. The number of nitrogens with zero attached hydrogens (tertiary/aromatic N) is 3. The Kier molecular flexibility index (Phi) is 2.74. The Morgan fingerprint density at radius 3 is 2.67 bits per heavy atom. The van der Waals surface area contributed by atoms with Gasteiger partial charge < -0.3 is 5.73 Å². The van der Waals surface area contributed by atoms with Crippen molar-refractivity contribution in [3.8, 4) is 21.8 Å². The molecule has 0 aliphatic carbocycles. The van der Waals surface area contributed by atoms with Gasteiger partial charge in [0.2, 0.25) is 5.95 Å². The Labute approximate surface area is 108 Å². The Balaban J connectivity index is 2.12. The molecule has 88 valence electrons. The van der Waals surface area contributed by atoms with E-state index >= 15 is 0 Å². The summed E-state index contributed by atoms with van der Waals surface area (Å²) in [4.78, 5) is 13.7. The van der Waals surface area contributed by atoms with Gasteiger partial charge in [-0.05, 0) is 29.6 Å². The zero-order chi connectivity index (χ0) is 12.4. The molecule has 0 unspecified atom stereocenters. The van der Waals surface area contributed by atoms with Gasteiger partial charge in [0, 0.05) is 18.0 Å². The van der Waals surface area contributed by atoms with Crippen LogP contribution in [-0.2, 0) is 0 Å². The first kappa shape index (κ1) is 10.9. The number of nitrogen functional groups attached to an aromatic ring is 1. The predicted octanol–water partition coefficient (Wildman–Crippen LogP) is 2.85. The molecule has 3 aromatic rings. The molecule has 2 N–H and O–H groups in total. The highest BCUT2D eigenvalue weighted by Gasteiger charge is 2.07. The predicted molar refractivity (Wildman–Crippen MR) is 73.0 cm³/mol. The summed E-state index contributed by atoms with van der Waals surface area (Å²) >= 11 is 1.63. The van der Waals surface area contributed by atoms with Crippen LogP contribution in [0, 0.1) is 0 Å². The van der Waals surface area contributed by atoms with E-state index in [9.17, 15) is 0 Å². The first-order chi connectivity index (χ1) is 8.83. The van der Waals surface area contributed by atoms with Crippen LogP contribution in [0.4, 0.5) is 5.95 Å². The zero-order valence-electron chi connectivity index (χ0n) is 9.45. The molecule has 0 aliphatic heterocycles. The van der Waals surface area contributed by atoms with Crippen molar-refractivity contribution in [1.82, 2.24) is 15.0 Å². The maximum Gasteiger partial charge on any atom is 0.221 e. The molecule has 0 aliphatic rings. The molecule has 0 bridgehead atoms. The van der Waals surface area contributed by atoms with E-state index in [-0.39, 0.29) is 5.95 Å². The smallest absolute Gasteiger partial charge is 0.221 e. The topological polar surface area (TPSA) is 64.7 Å². The molecule has 0 fully saturated rings. The Bertz CT molecular complexity index is 650. The number of pyridine rings is 1. The van der Waals surface area contributed by atoms with Gasteiger partial charge in [-0.1, -0.05) is 6.07 Å². The quantitative estimate of drug-likeness (QED) is 0.763. The SMILES string of the molecule is Nc1nc(-c2cccnc2)cc(-c2cccs2)n1. The van der Waals surface area contributed by atoms with E-state index in [2.05, 4.69) is 15.0 Å². The van der Waals surface area contributed by atoms with Gasteiger partial charge in [-0.25, -0.2) is 9.97 Å². The average molecular weight is 254 g/mol. The molecule has 0 saturated heterocycles. The standard InChI is InChI=1S/C13H10N4S/c14-13-16-10(9-3-1-5-15-8-9)7-11(17-13)12-4-2-6-18-12/h1-8H,(H2,14,16,17). The lowest BCUT2D eigenvalue weighted by molar-refractivity contribution is 1.19. The summed E-state index contributed by atoms with van der Waals surface area (Å²) < 4.78 is 0. The maximum atomic E-state index is 5.76. The second kappa shape index (κ2) is 4.54. The average Bonchev–Trinajstić information content (AvgIpc) is 2.93. The molecular weight excluding hydrogens is 244 g/mol. The van der Waals surface area contributed by atoms with Gasteiger partial charge in [0.05, 0.1) is 16.3 Å². The Hall–Kier alpha value is -2.27. The lowest BCUT2D eigenvalue weighted by Crippen LogP contribution is -1.98. The van der Waals surface area contributed by atoms with Crippen molar-refractivity contribution in [2.24, 2.45) is 0 Å². The number of thiophene rings is 1. The molecule has 0 atom stereocenters. The number of anilines is 1.